The van der Waals surface area contributed by atoms with E-state index >= 15 is 0 Å². The number of aliphatic imine (C=N–C) groups is 1. The molecule has 0 radical (unpaired) electrons. The molecule has 0 fully saturated rings. The molecule has 0 saturated heterocycles. The maximum atomic E-state index is 4.56. The molecule has 104 valence electrons. The number of halogens is 1. The van der Waals surface area contributed by atoms with Crippen molar-refractivity contribution in [1.29, 1.82) is 0 Å². The summed E-state index contributed by atoms with van der Waals surface area (Å²) in [5, 5.41) is 6.65. The van der Waals surface area contributed by atoms with Gasteiger partial charge in [0.1, 0.15) is 0 Å². The molecule has 0 aromatic carbocycles. The van der Waals surface area contributed by atoms with Crippen LogP contribution in [-0.4, -0.2) is 36.6 Å². The highest BCUT2D eigenvalue weighted by Crippen LogP contribution is 2.00. The number of guanidine groups is 1. The summed E-state index contributed by atoms with van der Waals surface area (Å²) in [6.07, 6.45) is 4.57. The lowest BCUT2D eigenvalue weighted by molar-refractivity contribution is 0.501. The van der Waals surface area contributed by atoms with Crippen LogP contribution in [0.4, 0.5) is 0 Å². The van der Waals surface area contributed by atoms with Crippen LogP contribution < -0.4 is 10.6 Å². The first-order valence-corrected chi connectivity index (χ1v) is 7.44. The smallest absolute Gasteiger partial charge is 0.191 e. The fourth-order valence-electron chi connectivity index (χ4n) is 1.21. The Morgan fingerprint density at radius 2 is 1.88 bits per heavy atom. The molecule has 0 unspecified atom stereocenters. The number of unbranched alkanes of at least 4 members (excludes halogenated alkanes) is 1. The van der Waals surface area contributed by atoms with E-state index in [9.17, 15) is 0 Å². The second-order valence-corrected chi connectivity index (χ2v) is 5.82. The minimum atomic E-state index is 0. The molecule has 0 rings (SSSR count). The van der Waals surface area contributed by atoms with Gasteiger partial charge in [-0.15, -0.1) is 24.0 Å². The van der Waals surface area contributed by atoms with Gasteiger partial charge in [-0.1, -0.05) is 0 Å². The molecule has 17 heavy (non-hydrogen) atoms. The highest BCUT2D eigenvalue weighted by Gasteiger charge is 2.10. The molecular weight excluding hydrogens is 345 g/mol. The van der Waals surface area contributed by atoms with E-state index in [0.29, 0.717) is 0 Å². The number of nitrogens with one attached hydrogen (secondary N) is 2. The zero-order valence-corrected chi connectivity index (χ0v) is 14.9. The summed E-state index contributed by atoms with van der Waals surface area (Å²) < 4.78 is 0. The van der Waals surface area contributed by atoms with Gasteiger partial charge in [-0.05, 0) is 52.5 Å². The van der Waals surface area contributed by atoms with Crippen LogP contribution in [0, 0.1) is 0 Å². The molecule has 0 aromatic heterocycles. The third kappa shape index (κ3) is 14.3. The van der Waals surface area contributed by atoms with Gasteiger partial charge in [-0.3, -0.25) is 4.99 Å². The molecule has 0 saturated carbocycles. The highest BCUT2D eigenvalue weighted by atomic mass is 127. The Balaban J connectivity index is 0. The predicted octanol–water partition coefficient (Wildman–Crippen LogP) is 3.10. The topological polar surface area (TPSA) is 36.4 Å². The fraction of sp³-hybridized carbons (Fsp3) is 0.917. The average molecular weight is 373 g/mol. The lowest BCUT2D eigenvalue weighted by atomic mass is 10.1. The summed E-state index contributed by atoms with van der Waals surface area (Å²) in [6.45, 7) is 10.3. The summed E-state index contributed by atoms with van der Waals surface area (Å²) >= 11 is 1.90. The molecule has 0 amide bonds. The number of hydrogen-bond acceptors (Lipinski definition) is 2. The van der Waals surface area contributed by atoms with Gasteiger partial charge in [0.05, 0.1) is 0 Å². The zero-order valence-electron chi connectivity index (χ0n) is 11.8. The quantitative estimate of drug-likeness (QED) is 0.325. The first-order chi connectivity index (χ1) is 7.49. The number of hydrogen-bond donors (Lipinski definition) is 2. The molecule has 0 aromatic rings. The third-order valence-electron chi connectivity index (χ3n) is 1.86. The van der Waals surface area contributed by atoms with E-state index < -0.39 is 0 Å². The molecular formula is C12H28IN3S. The fourth-order valence-corrected chi connectivity index (χ4v) is 1.70. The molecule has 0 aliphatic heterocycles. The monoisotopic (exact) mass is 373 g/mol. The van der Waals surface area contributed by atoms with E-state index in [2.05, 4.69) is 49.6 Å². The van der Waals surface area contributed by atoms with Gasteiger partial charge >= 0.3 is 0 Å². The summed E-state index contributed by atoms with van der Waals surface area (Å²) in [7, 11) is 0. The van der Waals surface area contributed by atoms with E-state index in [1.54, 1.807) is 0 Å². The molecule has 5 heteroatoms. The van der Waals surface area contributed by atoms with Gasteiger partial charge in [-0.25, -0.2) is 0 Å². The first-order valence-electron chi connectivity index (χ1n) is 6.05. The predicted molar refractivity (Wildman–Crippen MR) is 91.9 cm³/mol. The van der Waals surface area contributed by atoms with E-state index in [4.69, 9.17) is 0 Å². The SMILES string of the molecule is CCNC(=NCCCCSC)NC(C)(C)C.I. The number of nitrogens with zero attached hydrogens (tertiary/aromatic N) is 1. The van der Waals surface area contributed by atoms with E-state index in [0.717, 1.165) is 19.0 Å². The highest BCUT2D eigenvalue weighted by molar-refractivity contribution is 14.0. The van der Waals surface area contributed by atoms with Crippen molar-refractivity contribution >= 4 is 41.7 Å². The Bertz CT molecular complexity index is 202. The minimum Gasteiger partial charge on any atom is -0.357 e. The average Bonchev–Trinajstić information content (AvgIpc) is 2.15. The second-order valence-electron chi connectivity index (χ2n) is 4.84. The molecule has 0 bridgehead atoms. The number of thioether (sulfide) groups is 1. The summed E-state index contributed by atoms with van der Waals surface area (Å²) in [4.78, 5) is 4.56. The van der Waals surface area contributed by atoms with Crippen molar-refractivity contribution in [2.75, 3.05) is 25.1 Å². The molecule has 0 heterocycles. The van der Waals surface area contributed by atoms with E-state index in [1.807, 2.05) is 11.8 Å². The Kier molecular flexibility index (Phi) is 13.2. The minimum absolute atomic E-state index is 0. The van der Waals surface area contributed by atoms with E-state index in [-0.39, 0.29) is 29.5 Å². The van der Waals surface area contributed by atoms with Gasteiger partial charge in [0.25, 0.3) is 0 Å². The van der Waals surface area contributed by atoms with Crippen LogP contribution in [0.2, 0.25) is 0 Å². The van der Waals surface area contributed by atoms with Crippen molar-refractivity contribution in [3.8, 4) is 0 Å². The molecule has 0 spiro atoms. The summed E-state index contributed by atoms with van der Waals surface area (Å²) in [5.41, 5.74) is 0.0697. The maximum absolute atomic E-state index is 4.56. The van der Waals surface area contributed by atoms with Gasteiger partial charge in [-0.2, -0.15) is 11.8 Å². The Labute approximate surface area is 128 Å². The van der Waals surface area contributed by atoms with E-state index in [1.165, 1.54) is 18.6 Å². The molecule has 0 atom stereocenters. The van der Waals surface area contributed by atoms with Crippen LogP contribution in [-0.2, 0) is 0 Å². The number of rotatable bonds is 6. The van der Waals surface area contributed by atoms with Crippen LogP contribution in [0.5, 0.6) is 0 Å². The molecule has 3 nitrogen and oxygen atoms in total. The Hall–Kier alpha value is 0.350. The van der Waals surface area contributed by atoms with Gasteiger partial charge in [0, 0.05) is 18.6 Å². The van der Waals surface area contributed by atoms with Crippen molar-refractivity contribution in [3.63, 3.8) is 0 Å². The van der Waals surface area contributed by atoms with Crippen molar-refractivity contribution in [2.45, 2.75) is 46.1 Å². The lowest BCUT2D eigenvalue weighted by Gasteiger charge is -2.23. The van der Waals surface area contributed by atoms with Crippen LogP contribution in [0.1, 0.15) is 40.5 Å². The first kappa shape index (κ1) is 19.7. The Morgan fingerprint density at radius 3 is 2.35 bits per heavy atom. The van der Waals surface area contributed by atoms with Crippen LogP contribution in [0.15, 0.2) is 4.99 Å². The van der Waals surface area contributed by atoms with Gasteiger partial charge < -0.3 is 10.6 Å². The second kappa shape index (κ2) is 11.4. The molecule has 0 aliphatic rings. The van der Waals surface area contributed by atoms with Crippen molar-refractivity contribution in [1.82, 2.24) is 10.6 Å². The summed E-state index contributed by atoms with van der Waals surface area (Å²) in [6, 6.07) is 0. The van der Waals surface area contributed by atoms with Crippen molar-refractivity contribution in [3.05, 3.63) is 0 Å². The van der Waals surface area contributed by atoms with Crippen LogP contribution >= 0.6 is 35.7 Å². The van der Waals surface area contributed by atoms with Gasteiger partial charge in [0.2, 0.25) is 0 Å². The van der Waals surface area contributed by atoms with Crippen LogP contribution in [0.3, 0.4) is 0 Å². The molecule has 0 aliphatic carbocycles. The maximum Gasteiger partial charge on any atom is 0.191 e. The lowest BCUT2D eigenvalue weighted by Crippen LogP contribution is -2.47. The standard InChI is InChI=1S/C12H27N3S.HI/c1-6-13-11(15-12(2,3)4)14-9-7-8-10-16-5;/h6-10H2,1-5H3,(H2,13,14,15);1H. The largest absolute Gasteiger partial charge is 0.357 e. The summed E-state index contributed by atoms with van der Waals surface area (Å²) in [5.74, 6) is 2.16. The van der Waals surface area contributed by atoms with Crippen LogP contribution in [0.25, 0.3) is 0 Å². The normalized spacial score (nSPS) is 11.9. The molecule has 2 N–H and O–H groups in total. The van der Waals surface area contributed by atoms with Crippen molar-refractivity contribution in [2.24, 2.45) is 4.99 Å². The van der Waals surface area contributed by atoms with Gasteiger partial charge in [0.15, 0.2) is 5.96 Å². The third-order valence-corrected chi connectivity index (χ3v) is 2.56. The van der Waals surface area contributed by atoms with Crippen molar-refractivity contribution < 1.29 is 0 Å². The zero-order chi connectivity index (χ0) is 12.4. The Morgan fingerprint density at radius 1 is 1.24 bits per heavy atom.